The second-order valence-corrected chi connectivity index (χ2v) is 5.79. The van der Waals surface area contributed by atoms with Crippen LogP contribution in [0.5, 0.6) is 0 Å². The Morgan fingerprint density at radius 3 is 3.09 bits per heavy atom. The van der Waals surface area contributed by atoms with Crippen molar-refractivity contribution in [2.45, 2.75) is 31.9 Å². The third-order valence-electron chi connectivity index (χ3n) is 4.22. The van der Waals surface area contributed by atoms with Crippen LogP contribution >= 0.6 is 0 Å². The summed E-state index contributed by atoms with van der Waals surface area (Å²) >= 11 is 0. The van der Waals surface area contributed by atoms with Crippen LogP contribution in [-0.4, -0.2) is 60.7 Å². The summed E-state index contributed by atoms with van der Waals surface area (Å²) in [6.07, 6.45) is 4.98. The molecular formula is C15H24N4O3. The van der Waals surface area contributed by atoms with E-state index >= 15 is 0 Å². The van der Waals surface area contributed by atoms with Crippen LogP contribution < -0.4 is 5.32 Å². The molecule has 0 bridgehead atoms. The lowest BCUT2D eigenvalue weighted by Crippen LogP contribution is -2.40. The fourth-order valence-corrected chi connectivity index (χ4v) is 3.00. The van der Waals surface area contributed by atoms with Crippen molar-refractivity contribution in [3.63, 3.8) is 0 Å². The number of carbonyl (C=O) groups is 1. The Labute approximate surface area is 130 Å². The molecule has 1 N–H and O–H groups in total. The number of likely N-dealkylation sites (tertiary alicyclic amines) is 1. The molecule has 22 heavy (non-hydrogen) atoms. The average Bonchev–Trinajstić information content (AvgIpc) is 3.19. The van der Waals surface area contributed by atoms with Crippen molar-refractivity contribution < 1.29 is 14.3 Å². The Balaban J connectivity index is 1.58. The third-order valence-corrected chi connectivity index (χ3v) is 4.22. The first kappa shape index (κ1) is 15.3. The fraction of sp³-hybridized carbons (Fsp3) is 0.733. The number of hydrogen-bond donors (Lipinski definition) is 1. The highest BCUT2D eigenvalue weighted by Crippen LogP contribution is 2.25. The predicted molar refractivity (Wildman–Crippen MR) is 80.7 cm³/mol. The van der Waals surface area contributed by atoms with E-state index in [-0.39, 0.29) is 12.1 Å². The number of hydrogen-bond acceptors (Lipinski definition) is 4. The lowest BCUT2D eigenvalue weighted by atomic mass is 10.1. The Hall–Kier alpha value is -1.60. The summed E-state index contributed by atoms with van der Waals surface area (Å²) in [5.41, 5.74) is 2.16. The Bertz CT molecular complexity index is 511. The minimum atomic E-state index is -0.154. The Kier molecular flexibility index (Phi) is 4.94. The summed E-state index contributed by atoms with van der Waals surface area (Å²) < 4.78 is 12.8. The van der Waals surface area contributed by atoms with Crippen LogP contribution in [-0.2, 0) is 22.4 Å². The zero-order chi connectivity index (χ0) is 15.4. The monoisotopic (exact) mass is 308 g/mol. The molecule has 1 fully saturated rings. The second kappa shape index (κ2) is 7.11. The molecule has 2 amide bonds. The topological polar surface area (TPSA) is 68.6 Å². The molecule has 3 rings (SSSR count). The number of urea groups is 1. The highest BCUT2D eigenvalue weighted by molar-refractivity contribution is 5.74. The van der Waals surface area contributed by atoms with Crippen molar-refractivity contribution in [1.82, 2.24) is 20.0 Å². The summed E-state index contributed by atoms with van der Waals surface area (Å²) in [7, 11) is 1.68. The van der Waals surface area contributed by atoms with Crippen LogP contribution in [0.2, 0.25) is 0 Å². The molecule has 1 saturated heterocycles. The zero-order valence-corrected chi connectivity index (χ0v) is 13.1. The van der Waals surface area contributed by atoms with Crippen molar-refractivity contribution in [3.8, 4) is 0 Å². The molecule has 122 valence electrons. The van der Waals surface area contributed by atoms with Gasteiger partial charge in [-0.3, -0.25) is 4.68 Å². The van der Waals surface area contributed by atoms with Gasteiger partial charge in [-0.2, -0.15) is 5.10 Å². The summed E-state index contributed by atoms with van der Waals surface area (Å²) in [5, 5.41) is 7.57. The molecule has 0 aliphatic carbocycles. The average molecular weight is 308 g/mol. The van der Waals surface area contributed by atoms with Gasteiger partial charge in [0.1, 0.15) is 6.10 Å². The first-order valence-electron chi connectivity index (χ1n) is 7.97. The maximum absolute atomic E-state index is 12.1. The highest BCUT2D eigenvalue weighted by atomic mass is 16.5. The molecule has 7 nitrogen and oxygen atoms in total. The molecule has 2 aliphatic heterocycles. The van der Waals surface area contributed by atoms with Crippen molar-refractivity contribution >= 4 is 6.03 Å². The second-order valence-electron chi connectivity index (χ2n) is 5.79. The van der Waals surface area contributed by atoms with Crippen LogP contribution in [0.1, 0.15) is 30.2 Å². The minimum Gasteiger partial charge on any atom is -0.383 e. The highest BCUT2D eigenvalue weighted by Gasteiger charge is 2.26. The van der Waals surface area contributed by atoms with Gasteiger partial charge in [0.15, 0.2) is 0 Å². The van der Waals surface area contributed by atoms with Crippen LogP contribution in [0.3, 0.4) is 0 Å². The van der Waals surface area contributed by atoms with E-state index in [0.29, 0.717) is 19.8 Å². The molecule has 1 aromatic rings. The number of ether oxygens (including phenoxy) is 2. The normalized spacial score (nSPS) is 21.0. The number of aromatic nitrogens is 2. The maximum Gasteiger partial charge on any atom is 0.317 e. The Morgan fingerprint density at radius 1 is 1.50 bits per heavy atom. The van der Waals surface area contributed by atoms with Gasteiger partial charge in [0, 0.05) is 26.4 Å². The van der Waals surface area contributed by atoms with Crippen LogP contribution in [0.25, 0.3) is 0 Å². The number of carbonyl (C=O) groups excluding carboxylic acids is 1. The SMILES string of the molecule is COCCn1cc2c(n1)C(CNC(=O)N1CCCC1)OCC2. The summed E-state index contributed by atoms with van der Waals surface area (Å²) in [5.74, 6) is 0. The van der Waals surface area contributed by atoms with Gasteiger partial charge in [-0.1, -0.05) is 0 Å². The molecule has 1 unspecified atom stereocenters. The lowest BCUT2D eigenvalue weighted by molar-refractivity contribution is 0.0402. The number of rotatable bonds is 5. The predicted octanol–water partition coefficient (Wildman–Crippen LogP) is 0.949. The standard InChI is InChI=1S/C15H24N4O3/c1-21-9-7-19-11-12-4-8-22-13(14(12)17-19)10-16-15(20)18-5-2-3-6-18/h11,13H,2-10H2,1H3,(H,16,20). The van der Waals surface area contributed by atoms with Crippen molar-refractivity contribution in [3.05, 3.63) is 17.5 Å². The number of nitrogens with one attached hydrogen (secondary N) is 1. The van der Waals surface area contributed by atoms with Crippen molar-refractivity contribution in [2.24, 2.45) is 0 Å². The molecule has 0 spiro atoms. The van der Waals surface area contributed by atoms with Gasteiger partial charge < -0.3 is 19.7 Å². The molecule has 0 saturated carbocycles. The summed E-state index contributed by atoms with van der Waals surface area (Å²) in [4.78, 5) is 13.9. The van der Waals surface area contributed by atoms with Crippen LogP contribution in [0.4, 0.5) is 4.79 Å². The third kappa shape index (κ3) is 3.41. The van der Waals surface area contributed by atoms with Gasteiger partial charge in [0.05, 0.1) is 32.0 Å². The Morgan fingerprint density at radius 2 is 2.32 bits per heavy atom. The first-order chi connectivity index (χ1) is 10.8. The van der Waals surface area contributed by atoms with Crippen LogP contribution in [0, 0.1) is 0 Å². The van der Waals surface area contributed by atoms with E-state index in [1.54, 1.807) is 7.11 Å². The molecule has 3 heterocycles. The van der Waals surface area contributed by atoms with E-state index in [1.807, 2.05) is 9.58 Å². The van der Waals surface area contributed by atoms with Gasteiger partial charge in [-0.25, -0.2) is 4.79 Å². The van der Waals surface area contributed by atoms with Crippen LogP contribution in [0.15, 0.2) is 6.20 Å². The first-order valence-corrected chi connectivity index (χ1v) is 7.97. The fourth-order valence-electron chi connectivity index (χ4n) is 3.00. The maximum atomic E-state index is 12.1. The smallest absolute Gasteiger partial charge is 0.317 e. The molecule has 7 heteroatoms. The minimum absolute atomic E-state index is 0.00652. The van der Waals surface area contributed by atoms with E-state index in [9.17, 15) is 4.79 Å². The van der Waals surface area contributed by atoms with E-state index in [4.69, 9.17) is 9.47 Å². The number of methoxy groups -OCH3 is 1. The number of amides is 2. The largest absolute Gasteiger partial charge is 0.383 e. The van der Waals surface area contributed by atoms with Gasteiger partial charge in [-0.15, -0.1) is 0 Å². The van der Waals surface area contributed by atoms with Gasteiger partial charge in [-0.05, 0) is 24.8 Å². The summed E-state index contributed by atoms with van der Waals surface area (Å²) in [6.45, 7) is 4.23. The summed E-state index contributed by atoms with van der Waals surface area (Å²) in [6, 6.07) is 0.00652. The van der Waals surface area contributed by atoms with Crippen molar-refractivity contribution in [2.75, 3.05) is 40.0 Å². The zero-order valence-electron chi connectivity index (χ0n) is 13.1. The van der Waals surface area contributed by atoms with E-state index in [0.717, 1.165) is 44.6 Å². The molecule has 1 aromatic heterocycles. The number of nitrogens with zero attached hydrogens (tertiary/aromatic N) is 3. The molecule has 0 radical (unpaired) electrons. The lowest BCUT2D eigenvalue weighted by Gasteiger charge is -2.24. The molecular weight excluding hydrogens is 284 g/mol. The van der Waals surface area contributed by atoms with E-state index in [2.05, 4.69) is 16.6 Å². The van der Waals surface area contributed by atoms with E-state index < -0.39 is 0 Å². The van der Waals surface area contributed by atoms with Crippen molar-refractivity contribution in [1.29, 1.82) is 0 Å². The molecule has 2 aliphatic rings. The van der Waals surface area contributed by atoms with E-state index in [1.165, 1.54) is 5.56 Å². The quantitative estimate of drug-likeness (QED) is 0.879. The molecule has 1 atom stereocenters. The van der Waals surface area contributed by atoms with Gasteiger partial charge in [0.2, 0.25) is 0 Å². The number of fused-ring (bicyclic) bond motifs is 1. The van der Waals surface area contributed by atoms with Gasteiger partial charge >= 0.3 is 6.03 Å². The van der Waals surface area contributed by atoms with Gasteiger partial charge in [0.25, 0.3) is 0 Å². The molecule has 0 aromatic carbocycles.